The molecule has 104 valence electrons. The van der Waals surface area contributed by atoms with Gasteiger partial charge in [-0.2, -0.15) is 0 Å². The maximum atomic E-state index is 11.7. The number of amides is 1. The number of thioether (sulfide) groups is 1. The molecule has 2 heterocycles. The highest BCUT2D eigenvalue weighted by Gasteiger charge is 2.16. The number of carbonyl (C=O) groups excluding carboxylic acids is 1. The van der Waals surface area contributed by atoms with Crippen LogP contribution in [0.5, 0.6) is 0 Å². The van der Waals surface area contributed by atoms with Crippen molar-refractivity contribution in [3.63, 3.8) is 0 Å². The molecule has 1 aromatic heterocycles. The van der Waals surface area contributed by atoms with Crippen LogP contribution in [-0.4, -0.2) is 40.9 Å². The summed E-state index contributed by atoms with van der Waals surface area (Å²) in [4.78, 5) is 20.3. The average Bonchev–Trinajstić information content (AvgIpc) is 2.86. The molecule has 1 aliphatic heterocycles. The number of aromatic nitrogens is 2. The van der Waals surface area contributed by atoms with Crippen molar-refractivity contribution in [3.8, 4) is 0 Å². The summed E-state index contributed by atoms with van der Waals surface area (Å²) < 4.78 is 5.45. The van der Waals surface area contributed by atoms with E-state index in [-0.39, 0.29) is 12.0 Å². The first-order valence-electron chi connectivity index (χ1n) is 6.47. The lowest BCUT2D eigenvalue weighted by Gasteiger charge is -2.10. The minimum Gasteiger partial charge on any atom is -0.376 e. The predicted octanol–water partition coefficient (Wildman–Crippen LogP) is 1.48. The van der Waals surface area contributed by atoms with E-state index in [1.54, 1.807) is 0 Å². The Morgan fingerprint density at radius 2 is 2.21 bits per heavy atom. The number of carbonyl (C=O) groups is 1. The van der Waals surface area contributed by atoms with Gasteiger partial charge in [-0.15, -0.1) is 0 Å². The third-order valence-electron chi connectivity index (χ3n) is 2.85. The predicted molar refractivity (Wildman–Crippen MR) is 74.2 cm³/mol. The maximum Gasteiger partial charge on any atom is 0.230 e. The number of nitrogens with one attached hydrogen (secondary N) is 1. The molecule has 19 heavy (non-hydrogen) atoms. The van der Waals surface area contributed by atoms with Crippen molar-refractivity contribution < 1.29 is 9.53 Å². The molecule has 0 saturated carbocycles. The molecular weight excluding hydrogens is 262 g/mol. The van der Waals surface area contributed by atoms with Crippen LogP contribution in [0.1, 0.15) is 24.2 Å². The van der Waals surface area contributed by atoms with Gasteiger partial charge in [0.15, 0.2) is 5.16 Å². The van der Waals surface area contributed by atoms with Crippen LogP contribution in [0.3, 0.4) is 0 Å². The fourth-order valence-electron chi connectivity index (χ4n) is 1.97. The largest absolute Gasteiger partial charge is 0.376 e. The summed E-state index contributed by atoms with van der Waals surface area (Å²) in [6.07, 6.45) is 2.31. The van der Waals surface area contributed by atoms with E-state index in [2.05, 4.69) is 15.3 Å². The van der Waals surface area contributed by atoms with Gasteiger partial charge in [0.1, 0.15) is 0 Å². The Labute approximate surface area is 117 Å². The summed E-state index contributed by atoms with van der Waals surface area (Å²) in [5.74, 6) is 0.346. The van der Waals surface area contributed by atoms with Gasteiger partial charge in [-0.3, -0.25) is 4.79 Å². The lowest BCUT2D eigenvalue weighted by molar-refractivity contribution is -0.119. The number of rotatable bonds is 5. The Kier molecular flexibility index (Phi) is 5.15. The van der Waals surface area contributed by atoms with Crippen LogP contribution in [0.4, 0.5) is 0 Å². The summed E-state index contributed by atoms with van der Waals surface area (Å²) in [5.41, 5.74) is 1.85. The van der Waals surface area contributed by atoms with Crippen molar-refractivity contribution in [3.05, 3.63) is 17.5 Å². The quantitative estimate of drug-likeness (QED) is 0.654. The molecule has 1 atom stereocenters. The lowest BCUT2D eigenvalue weighted by Crippen LogP contribution is -2.32. The van der Waals surface area contributed by atoms with Gasteiger partial charge >= 0.3 is 0 Å². The highest BCUT2D eigenvalue weighted by atomic mass is 32.2. The van der Waals surface area contributed by atoms with E-state index in [0.29, 0.717) is 17.5 Å². The van der Waals surface area contributed by atoms with Crippen molar-refractivity contribution in [2.45, 2.75) is 37.9 Å². The van der Waals surface area contributed by atoms with E-state index in [4.69, 9.17) is 4.74 Å². The van der Waals surface area contributed by atoms with E-state index in [1.807, 2.05) is 19.9 Å². The van der Waals surface area contributed by atoms with Gasteiger partial charge in [0.25, 0.3) is 0 Å². The average molecular weight is 281 g/mol. The second kappa shape index (κ2) is 6.86. The molecular formula is C13H19N3O2S. The smallest absolute Gasteiger partial charge is 0.230 e. The number of ether oxygens (including phenoxy) is 1. The Morgan fingerprint density at radius 1 is 1.47 bits per heavy atom. The van der Waals surface area contributed by atoms with Crippen molar-refractivity contribution in [2.24, 2.45) is 0 Å². The third-order valence-corrected chi connectivity index (χ3v) is 3.69. The highest BCUT2D eigenvalue weighted by molar-refractivity contribution is 7.99. The first kappa shape index (κ1) is 14.3. The second-order valence-corrected chi connectivity index (χ2v) is 5.60. The Hall–Kier alpha value is -1.14. The van der Waals surface area contributed by atoms with E-state index in [1.165, 1.54) is 11.8 Å². The fraction of sp³-hybridized carbons (Fsp3) is 0.615. The van der Waals surface area contributed by atoms with Crippen molar-refractivity contribution in [1.29, 1.82) is 0 Å². The maximum absolute atomic E-state index is 11.7. The van der Waals surface area contributed by atoms with Gasteiger partial charge in [0.2, 0.25) is 5.91 Å². The zero-order valence-electron chi connectivity index (χ0n) is 11.3. The van der Waals surface area contributed by atoms with Crippen LogP contribution in [0.25, 0.3) is 0 Å². The van der Waals surface area contributed by atoms with Gasteiger partial charge in [-0.05, 0) is 32.8 Å². The van der Waals surface area contributed by atoms with Gasteiger partial charge in [0, 0.05) is 24.5 Å². The van der Waals surface area contributed by atoms with Crippen LogP contribution in [0.2, 0.25) is 0 Å². The second-order valence-electron chi connectivity index (χ2n) is 4.66. The molecule has 2 rings (SSSR count). The summed E-state index contributed by atoms with van der Waals surface area (Å²) in [6.45, 7) is 5.27. The first-order valence-corrected chi connectivity index (χ1v) is 7.45. The Morgan fingerprint density at radius 3 is 2.84 bits per heavy atom. The van der Waals surface area contributed by atoms with E-state index in [0.717, 1.165) is 30.8 Å². The molecule has 1 saturated heterocycles. The molecule has 6 heteroatoms. The summed E-state index contributed by atoms with van der Waals surface area (Å²) in [5, 5.41) is 3.54. The summed E-state index contributed by atoms with van der Waals surface area (Å²) >= 11 is 1.36. The zero-order valence-corrected chi connectivity index (χ0v) is 12.1. The van der Waals surface area contributed by atoms with Crippen LogP contribution in [-0.2, 0) is 9.53 Å². The summed E-state index contributed by atoms with van der Waals surface area (Å²) in [6, 6.07) is 1.92. The third kappa shape index (κ3) is 4.80. The van der Waals surface area contributed by atoms with Crippen molar-refractivity contribution in [1.82, 2.24) is 15.3 Å². The Bertz CT molecular complexity index is 427. The molecule has 0 aliphatic carbocycles. The summed E-state index contributed by atoms with van der Waals surface area (Å²) in [7, 11) is 0. The van der Waals surface area contributed by atoms with Gasteiger partial charge < -0.3 is 10.1 Å². The molecule has 1 aliphatic rings. The minimum atomic E-state index is 0.00302. The SMILES string of the molecule is Cc1cc(C)nc(SCC(=O)NC[C@@H]2CCCO2)n1. The molecule has 1 amide bonds. The number of nitrogens with zero attached hydrogens (tertiary/aromatic N) is 2. The standard InChI is InChI=1S/C13H19N3O2S/c1-9-6-10(2)16-13(15-9)19-8-12(17)14-7-11-4-3-5-18-11/h6,11H,3-5,7-8H2,1-2H3,(H,14,17)/t11-/m0/s1. The molecule has 1 N–H and O–H groups in total. The minimum absolute atomic E-state index is 0.00302. The van der Waals surface area contributed by atoms with Crippen molar-refractivity contribution >= 4 is 17.7 Å². The zero-order chi connectivity index (χ0) is 13.7. The van der Waals surface area contributed by atoms with E-state index < -0.39 is 0 Å². The highest BCUT2D eigenvalue weighted by Crippen LogP contribution is 2.14. The fourth-order valence-corrected chi connectivity index (χ4v) is 2.75. The molecule has 1 aromatic rings. The van der Waals surface area contributed by atoms with E-state index in [9.17, 15) is 4.79 Å². The molecule has 0 aromatic carbocycles. The first-order chi connectivity index (χ1) is 9.13. The van der Waals surface area contributed by atoms with Crippen molar-refractivity contribution in [2.75, 3.05) is 18.9 Å². The normalized spacial score (nSPS) is 18.5. The topological polar surface area (TPSA) is 64.1 Å². The van der Waals surface area contributed by atoms with Gasteiger partial charge in [-0.1, -0.05) is 11.8 Å². The van der Waals surface area contributed by atoms with Crippen LogP contribution in [0, 0.1) is 13.8 Å². The molecule has 0 unspecified atom stereocenters. The molecule has 1 fully saturated rings. The van der Waals surface area contributed by atoms with Crippen LogP contribution >= 0.6 is 11.8 Å². The van der Waals surface area contributed by atoms with E-state index >= 15 is 0 Å². The molecule has 0 spiro atoms. The molecule has 0 bridgehead atoms. The number of hydrogen-bond donors (Lipinski definition) is 1. The number of hydrogen-bond acceptors (Lipinski definition) is 5. The van der Waals surface area contributed by atoms with Crippen LogP contribution in [0.15, 0.2) is 11.2 Å². The molecule has 0 radical (unpaired) electrons. The monoisotopic (exact) mass is 281 g/mol. The lowest BCUT2D eigenvalue weighted by atomic mass is 10.2. The van der Waals surface area contributed by atoms with Gasteiger partial charge in [0.05, 0.1) is 11.9 Å². The van der Waals surface area contributed by atoms with Gasteiger partial charge in [-0.25, -0.2) is 9.97 Å². The van der Waals surface area contributed by atoms with Crippen LogP contribution < -0.4 is 5.32 Å². The Balaban J connectivity index is 1.73. The number of aryl methyl sites for hydroxylation is 2. The molecule has 5 nitrogen and oxygen atoms in total.